The molecule has 26 heavy (non-hydrogen) atoms. The molecule has 2 N–H and O–H groups in total. The summed E-state index contributed by atoms with van der Waals surface area (Å²) in [6, 6.07) is 7.77. The van der Waals surface area contributed by atoms with Crippen LogP contribution >= 0.6 is 0 Å². The normalized spacial score (nSPS) is 13.6. The van der Waals surface area contributed by atoms with Crippen molar-refractivity contribution in [3.63, 3.8) is 0 Å². The number of carbonyl (C=O) groups is 2. The molecule has 143 valence electrons. The second-order valence-electron chi connectivity index (χ2n) is 7.70. The third-order valence-electron chi connectivity index (χ3n) is 3.46. The van der Waals surface area contributed by atoms with Crippen LogP contribution in [0.1, 0.15) is 46.6 Å². The van der Waals surface area contributed by atoms with Crippen LogP contribution in [0, 0.1) is 5.92 Å². The minimum Gasteiger partial charge on any atom is -0.444 e. The lowest BCUT2D eigenvalue weighted by Gasteiger charge is -2.24. The van der Waals surface area contributed by atoms with Gasteiger partial charge in [0, 0.05) is 6.42 Å². The van der Waals surface area contributed by atoms with E-state index in [-0.39, 0.29) is 5.92 Å². The average Bonchev–Trinajstić information content (AvgIpc) is 2.52. The van der Waals surface area contributed by atoms with Crippen LogP contribution in [-0.2, 0) is 20.7 Å². The summed E-state index contributed by atoms with van der Waals surface area (Å²) in [4.78, 5) is 35.9. The maximum atomic E-state index is 12.6. The third kappa shape index (κ3) is 8.65. The van der Waals surface area contributed by atoms with Crippen molar-refractivity contribution in [1.82, 2.24) is 10.6 Å². The van der Waals surface area contributed by atoms with E-state index in [1.165, 1.54) is 0 Å². The Kier molecular flexibility index (Phi) is 8.29. The number of ether oxygens (including phenoxy) is 1. The highest BCUT2D eigenvalue weighted by molar-refractivity contribution is 5.87. The van der Waals surface area contributed by atoms with Crippen LogP contribution in [0.2, 0.25) is 0 Å². The van der Waals surface area contributed by atoms with Gasteiger partial charge in [0.2, 0.25) is 12.2 Å². The van der Waals surface area contributed by atoms with E-state index in [1.54, 1.807) is 20.8 Å². The highest BCUT2D eigenvalue weighted by Gasteiger charge is 2.26. The van der Waals surface area contributed by atoms with Crippen molar-refractivity contribution in [2.75, 3.05) is 0 Å². The van der Waals surface area contributed by atoms with E-state index < -0.39 is 29.7 Å². The van der Waals surface area contributed by atoms with Crippen LogP contribution in [0.25, 0.3) is 0 Å². The molecule has 2 atom stereocenters. The molecule has 6 heteroatoms. The molecule has 2 unspecified atom stereocenters. The summed E-state index contributed by atoms with van der Waals surface area (Å²) in [5.41, 5.74) is 0.216. The molecule has 0 heterocycles. The Morgan fingerprint density at radius 3 is 2.23 bits per heavy atom. The van der Waals surface area contributed by atoms with Crippen molar-refractivity contribution in [3.8, 4) is 0 Å². The smallest absolute Gasteiger partial charge is 0.408 e. The number of amides is 2. The second-order valence-corrected chi connectivity index (χ2v) is 7.70. The Bertz CT molecular complexity index is 594. The maximum absolute atomic E-state index is 12.6. The van der Waals surface area contributed by atoms with Crippen molar-refractivity contribution in [2.24, 2.45) is 5.92 Å². The monoisotopic (exact) mass is 361 g/mol. The molecule has 0 bridgehead atoms. The summed E-state index contributed by atoms with van der Waals surface area (Å²) in [7, 11) is 0. The number of carbonyl (C=O) groups excluding carboxylic acids is 3. The first-order valence-electron chi connectivity index (χ1n) is 8.82. The van der Waals surface area contributed by atoms with E-state index in [2.05, 4.69) is 10.6 Å². The fourth-order valence-corrected chi connectivity index (χ4v) is 2.39. The first-order chi connectivity index (χ1) is 12.1. The molecule has 0 fully saturated rings. The predicted molar refractivity (Wildman–Crippen MR) is 100 cm³/mol. The Hall–Kier alpha value is -2.37. The van der Waals surface area contributed by atoms with Crippen molar-refractivity contribution in [1.29, 1.82) is 0 Å². The van der Waals surface area contributed by atoms with Gasteiger partial charge in [0.25, 0.3) is 0 Å². The zero-order valence-electron chi connectivity index (χ0n) is 16.2. The van der Waals surface area contributed by atoms with Gasteiger partial charge in [-0.1, -0.05) is 44.2 Å². The number of hydrogen-bond donors (Lipinski definition) is 2. The molecule has 0 aliphatic rings. The molecule has 0 saturated heterocycles. The molecular formula is C20H29N2O4. The molecule has 1 radical (unpaired) electrons. The van der Waals surface area contributed by atoms with Crippen molar-refractivity contribution in [3.05, 3.63) is 35.9 Å². The topological polar surface area (TPSA) is 84.5 Å². The van der Waals surface area contributed by atoms with Crippen molar-refractivity contribution in [2.45, 2.75) is 65.1 Å². The minimum absolute atomic E-state index is 0.230. The molecule has 1 aromatic rings. The van der Waals surface area contributed by atoms with Gasteiger partial charge < -0.3 is 15.4 Å². The van der Waals surface area contributed by atoms with E-state index in [4.69, 9.17) is 4.74 Å². The third-order valence-corrected chi connectivity index (χ3v) is 3.46. The highest BCUT2D eigenvalue weighted by atomic mass is 16.6. The van der Waals surface area contributed by atoms with Gasteiger partial charge in [-0.05, 0) is 38.7 Å². The molecule has 1 rings (SSSR count). The van der Waals surface area contributed by atoms with Gasteiger partial charge in [0.05, 0.1) is 6.04 Å². The molecule has 0 aliphatic carbocycles. The van der Waals surface area contributed by atoms with E-state index in [1.807, 2.05) is 50.5 Å². The van der Waals surface area contributed by atoms with Crippen molar-refractivity contribution < 1.29 is 19.1 Å². The zero-order valence-corrected chi connectivity index (χ0v) is 16.2. The average molecular weight is 361 g/mol. The number of hydrogen-bond acceptors (Lipinski definition) is 4. The first kappa shape index (κ1) is 21.7. The summed E-state index contributed by atoms with van der Waals surface area (Å²) < 4.78 is 5.24. The maximum Gasteiger partial charge on any atom is 0.408 e. The lowest BCUT2D eigenvalue weighted by atomic mass is 10.0. The first-order valence-corrected chi connectivity index (χ1v) is 8.82. The fourth-order valence-electron chi connectivity index (χ4n) is 2.39. The number of benzene rings is 1. The summed E-state index contributed by atoms with van der Waals surface area (Å²) in [6.07, 6.45) is 1.95. The SMILES string of the molecule is CC(C)CC([C]=O)NC(=O)C(Cc1ccccc1)NC(=O)OC(C)(C)C. The summed E-state index contributed by atoms with van der Waals surface area (Å²) in [6.45, 7) is 9.16. The zero-order chi connectivity index (χ0) is 19.7. The summed E-state index contributed by atoms with van der Waals surface area (Å²) in [5, 5.41) is 5.26. The van der Waals surface area contributed by atoms with E-state index in [9.17, 15) is 14.4 Å². The summed E-state index contributed by atoms with van der Waals surface area (Å²) in [5.74, 6) is -0.207. The van der Waals surface area contributed by atoms with Crippen LogP contribution in [0.15, 0.2) is 30.3 Å². The Morgan fingerprint density at radius 2 is 1.73 bits per heavy atom. The molecule has 0 aliphatic heterocycles. The van der Waals surface area contributed by atoms with E-state index in [0.717, 1.165) is 5.56 Å². The fraction of sp³-hybridized carbons (Fsp3) is 0.550. The van der Waals surface area contributed by atoms with Crippen LogP contribution in [0.5, 0.6) is 0 Å². The number of nitrogens with one attached hydrogen (secondary N) is 2. The van der Waals surface area contributed by atoms with Gasteiger partial charge in [0.1, 0.15) is 11.6 Å². The Morgan fingerprint density at radius 1 is 1.12 bits per heavy atom. The number of alkyl carbamates (subject to hydrolysis) is 1. The van der Waals surface area contributed by atoms with Gasteiger partial charge in [-0.15, -0.1) is 0 Å². The van der Waals surface area contributed by atoms with Crippen LogP contribution in [-0.4, -0.2) is 36.0 Å². The Balaban J connectivity index is 2.86. The van der Waals surface area contributed by atoms with Crippen molar-refractivity contribution >= 4 is 18.3 Å². The molecule has 0 saturated carbocycles. The molecule has 2 amide bonds. The van der Waals surface area contributed by atoms with E-state index >= 15 is 0 Å². The van der Waals surface area contributed by atoms with Gasteiger partial charge in [-0.3, -0.25) is 9.59 Å². The second kappa shape index (κ2) is 9.94. The van der Waals surface area contributed by atoms with Crippen LogP contribution in [0.4, 0.5) is 4.79 Å². The van der Waals surface area contributed by atoms with Crippen LogP contribution in [0.3, 0.4) is 0 Å². The summed E-state index contributed by atoms with van der Waals surface area (Å²) >= 11 is 0. The quantitative estimate of drug-likeness (QED) is 0.746. The van der Waals surface area contributed by atoms with Gasteiger partial charge in [0.15, 0.2) is 0 Å². The van der Waals surface area contributed by atoms with Gasteiger partial charge in [-0.2, -0.15) is 0 Å². The molecule has 0 spiro atoms. The molecular weight excluding hydrogens is 332 g/mol. The highest BCUT2D eigenvalue weighted by Crippen LogP contribution is 2.09. The number of rotatable bonds is 8. The molecule has 1 aromatic carbocycles. The minimum atomic E-state index is -0.852. The molecule has 6 nitrogen and oxygen atoms in total. The van der Waals surface area contributed by atoms with Gasteiger partial charge in [-0.25, -0.2) is 4.79 Å². The predicted octanol–water partition coefficient (Wildman–Crippen LogP) is 2.76. The Labute approximate surface area is 155 Å². The largest absolute Gasteiger partial charge is 0.444 e. The van der Waals surface area contributed by atoms with Crippen LogP contribution < -0.4 is 10.6 Å². The lowest BCUT2D eigenvalue weighted by molar-refractivity contribution is -0.123. The standard InChI is InChI=1S/C20H29N2O4/c1-14(2)11-16(13-23)21-18(24)17(12-15-9-7-6-8-10-15)22-19(25)26-20(3,4)5/h6-10,14,16-17H,11-12H2,1-5H3,(H,21,24)(H,22,25). The molecule has 0 aromatic heterocycles. The van der Waals surface area contributed by atoms with Gasteiger partial charge >= 0.3 is 6.09 Å². The lowest BCUT2D eigenvalue weighted by Crippen LogP contribution is -2.52. The van der Waals surface area contributed by atoms with E-state index in [0.29, 0.717) is 12.8 Å².